The fourth-order valence-corrected chi connectivity index (χ4v) is 4.41. The van der Waals surface area contributed by atoms with E-state index in [2.05, 4.69) is 13.8 Å². The Morgan fingerprint density at radius 3 is 0.793 bits per heavy atom. The number of aliphatic hydroxyl groups excluding tert-OH is 1. The van der Waals surface area contributed by atoms with Gasteiger partial charge in [-0.1, -0.05) is 162 Å². The molecule has 0 aliphatic carbocycles. The van der Waals surface area contributed by atoms with Gasteiger partial charge in [-0.2, -0.15) is 0 Å². The van der Waals surface area contributed by atoms with Gasteiger partial charge in [0.2, 0.25) is 0 Å². The zero-order chi connectivity index (χ0) is 21.3. The molecule has 0 amide bonds. The molecule has 0 aliphatic rings. The fraction of sp³-hybridized carbons (Fsp3) is 1.00. The highest BCUT2D eigenvalue weighted by atomic mass is 16.3. The maximum Gasteiger partial charge on any atom is 0.0540 e. The van der Waals surface area contributed by atoms with Gasteiger partial charge in [0.15, 0.2) is 0 Å². The van der Waals surface area contributed by atoms with Gasteiger partial charge in [-0.05, 0) is 12.8 Å². The van der Waals surface area contributed by atoms with Crippen molar-refractivity contribution in [2.24, 2.45) is 0 Å². The second-order valence-electron chi connectivity index (χ2n) is 9.66. The normalized spacial score (nSPS) is 12.5. The average molecular weight is 411 g/mol. The maximum absolute atomic E-state index is 10.1. The van der Waals surface area contributed by atoms with Crippen molar-refractivity contribution >= 4 is 0 Å². The van der Waals surface area contributed by atoms with Gasteiger partial charge in [0.1, 0.15) is 0 Å². The van der Waals surface area contributed by atoms with Gasteiger partial charge in [0, 0.05) is 0 Å². The number of hydrogen-bond acceptors (Lipinski definition) is 1. The zero-order valence-corrected chi connectivity index (χ0v) is 20.7. The summed E-state index contributed by atoms with van der Waals surface area (Å²) in [6.45, 7) is 4.57. The van der Waals surface area contributed by atoms with E-state index in [-0.39, 0.29) is 6.10 Å². The highest BCUT2D eigenvalue weighted by Crippen LogP contribution is 2.16. The fourth-order valence-electron chi connectivity index (χ4n) is 4.41. The lowest BCUT2D eigenvalue weighted by atomic mass is 10.0. The first-order valence-electron chi connectivity index (χ1n) is 14.0. The first kappa shape index (κ1) is 29.0. The molecule has 1 heteroatoms. The summed E-state index contributed by atoms with van der Waals surface area (Å²) in [7, 11) is 0. The Morgan fingerprint density at radius 2 is 0.552 bits per heavy atom. The Balaban J connectivity index is 3.12. The summed E-state index contributed by atoms with van der Waals surface area (Å²) in [5, 5.41) is 10.1. The van der Waals surface area contributed by atoms with Crippen molar-refractivity contribution in [1.82, 2.24) is 0 Å². The average Bonchev–Trinajstić information content (AvgIpc) is 2.72. The molecule has 0 heterocycles. The van der Waals surface area contributed by atoms with E-state index in [1.165, 1.54) is 148 Å². The largest absolute Gasteiger partial charge is 0.393 e. The summed E-state index contributed by atoms with van der Waals surface area (Å²) < 4.78 is 0. The molecule has 1 nitrogen and oxygen atoms in total. The Labute approximate surface area is 185 Å². The summed E-state index contributed by atoms with van der Waals surface area (Å²) in [4.78, 5) is 0. The SMILES string of the molecule is CCCCCCCCCCCCCCCCC(O)CCCCCCCCCCC. The first-order valence-corrected chi connectivity index (χ1v) is 14.0. The molecule has 1 unspecified atom stereocenters. The molecule has 0 radical (unpaired) electrons. The van der Waals surface area contributed by atoms with Crippen LogP contribution < -0.4 is 0 Å². The minimum absolute atomic E-state index is 0.0307. The van der Waals surface area contributed by atoms with Gasteiger partial charge in [-0.15, -0.1) is 0 Å². The molecule has 1 N–H and O–H groups in total. The molecule has 0 aromatic rings. The molecule has 0 bridgehead atoms. The molecular formula is C28H58O. The van der Waals surface area contributed by atoms with Crippen molar-refractivity contribution in [3.63, 3.8) is 0 Å². The van der Waals surface area contributed by atoms with E-state index in [0.717, 1.165) is 12.8 Å². The summed E-state index contributed by atoms with van der Waals surface area (Å²) in [5.41, 5.74) is 0. The van der Waals surface area contributed by atoms with Crippen LogP contribution in [0.1, 0.15) is 174 Å². The first-order chi connectivity index (χ1) is 14.3. The third-order valence-corrected chi connectivity index (χ3v) is 6.53. The standard InChI is InChI=1S/C28H58O/c1-3-5-7-9-11-13-14-15-16-17-19-21-23-25-27-28(29)26-24-22-20-18-12-10-8-6-4-2/h28-29H,3-27H2,1-2H3. The second-order valence-corrected chi connectivity index (χ2v) is 9.66. The molecule has 0 saturated carbocycles. The van der Waals surface area contributed by atoms with E-state index in [0.29, 0.717) is 0 Å². The van der Waals surface area contributed by atoms with Gasteiger partial charge in [-0.25, -0.2) is 0 Å². The molecule has 0 aromatic carbocycles. The van der Waals surface area contributed by atoms with Crippen LogP contribution in [0.2, 0.25) is 0 Å². The van der Waals surface area contributed by atoms with Crippen molar-refractivity contribution < 1.29 is 5.11 Å². The van der Waals surface area contributed by atoms with Crippen molar-refractivity contribution in [2.75, 3.05) is 0 Å². The lowest BCUT2D eigenvalue weighted by molar-refractivity contribution is 0.147. The number of rotatable bonds is 25. The minimum Gasteiger partial charge on any atom is -0.393 e. The second kappa shape index (κ2) is 26.0. The van der Waals surface area contributed by atoms with Crippen LogP contribution in [0.25, 0.3) is 0 Å². The van der Waals surface area contributed by atoms with Crippen LogP contribution in [0.15, 0.2) is 0 Å². The molecule has 0 aliphatic heterocycles. The maximum atomic E-state index is 10.1. The van der Waals surface area contributed by atoms with Crippen LogP contribution in [0, 0.1) is 0 Å². The van der Waals surface area contributed by atoms with Crippen molar-refractivity contribution in [3.05, 3.63) is 0 Å². The predicted octanol–water partition coefficient (Wildman–Crippen LogP) is 10.1. The van der Waals surface area contributed by atoms with E-state index >= 15 is 0 Å². The van der Waals surface area contributed by atoms with E-state index in [9.17, 15) is 5.11 Å². The summed E-state index contributed by atoms with van der Waals surface area (Å²) in [6.07, 6.45) is 34.1. The van der Waals surface area contributed by atoms with Gasteiger partial charge in [0.25, 0.3) is 0 Å². The Bertz CT molecular complexity index is 275. The molecule has 0 fully saturated rings. The molecule has 0 aromatic heterocycles. The van der Waals surface area contributed by atoms with Crippen LogP contribution in [-0.2, 0) is 0 Å². The third kappa shape index (κ3) is 25.9. The molecule has 0 saturated heterocycles. The van der Waals surface area contributed by atoms with Crippen molar-refractivity contribution in [2.45, 2.75) is 180 Å². The molecule has 0 rings (SSSR count). The summed E-state index contributed by atoms with van der Waals surface area (Å²) in [5.74, 6) is 0. The van der Waals surface area contributed by atoms with Crippen LogP contribution in [0.4, 0.5) is 0 Å². The molecule has 0 spiro atoms. The van der Waals surface area contributed by atoms with E-state index < -0.39 is 0 Å². The van der Waals surface area contributed by atoms with E-state index in [4.69, 9.17) is 0 Å². The molecule has 1 atom stereocenters. The highest BCUT2D eigenvalue weighted by Gasteiger charge is 2.03. The quantitative estimate of drug-likeness (QED) is 0.148. The molecule has 29 heavy (non-hydrogen) atoms. The Hall–Kier alpha value is -0.0400. The Morgan fingerprint density at radius 1 is 0.345 bits per heavy atom. The number of hydrogen-bond donors (Lipinski definition) is 1. The van der Waals surface area contributed by atoms with Gasteiger partial charge in [-0.3, -0.25) is 0 Å². The van der Waals surface area contributed by atoms with Crippen molar-refractivity contribution in [3.8, 4) is 0 Å². The lowest BCUT2D eigenvalue weighted by Gasteiger charge is -2.10. The number of unbranched alkanes of at least 4 members (excludes halogenated alkanes) is 21. The smallest absolute Gasteiger partial charge is 0.0540 e. The highest BCUT2D eigenvalue weighted by molar-refractivity contribution is 4.58. The molecular weight excluding hydrogens is 352 g/mol. The predicted molar refractivity (Wildman–Crippen MR) is 133 cm³/mol. The van der Waals surface area contributed by atoms with Gasteiger partial charge in [0.05, 0.1) is 6.10 Å². The summed E-state index contributed by atoms with van der Waals surface area (Å²) in [6, 6.07) is 0. The van der Waals surface area contributed by atoms with Crippen LogP contribution in [0.5, 0.6) is 0 Å². The van der Waals surface area contributed by atoms with Gasteiger partial charge >= 0.3 is 0 Å². The van der Waals surface area contributed by atoms with Gasteiger partial charge < -0.3 is 5.11 Å². The van der Waals surface area contributed by atoms with Crippen LogP contribution in [0.3, 0.4) is 0 Å². The lowest BCUT2D eigenvalue weighted by Crippen LogP contribution is -2.05. The zero-order valence-electron chi connectivity index (χ0n) is 20.7. The number of aliphatic hydroxyl groups is 1. The minimum atomic E-state index is -0.0307. The van der Waals surface area contributed by atoms with E-state index in [1.54, 1.807) is 0 Å². The van der Waals surface area contributed by atoms with Crippen LogP contribution >= 0.6 is 0 Å². The summed E-state index contributed by atoms with van der Waals surface area (Å²) >= 11 is 0. The van der Waals surface area contributed by atoms with Crippen molar-refractivity contribution in [1.29, 1.82) is 0 Å². The van der Waals surface area contributed by atoms with E-state index in [1.807, 2.05) is 0 Å². The van der Waals surface area contributed by atoms with Crippen LogP contribution in [-0.4, -0.2) is 11.2 Å². The topological polar surface area (TPSA) is 20.2 Å². The Kier molecular flexibility index (Phi) is 26.0. The third-order valence-electron chi connectivity index (χ3n) is 6.53. The molecule has 176 valence electrons. The monoisotopic (exact) mass is 410 g/mol.